The van der Waals surface area contributed by atoms with Gasteiger partial charge in [0.05, 0.1) is 7.11 Å². The summed E-state index contributed by atoms with van der Waals surface area (Å²) in [5, 5.41) is 3.46. The van der Waals surface area contributed by atoms with Gasteiger partial charge in [0.2, 0.25) is 5.76 Å². The maximum Gasteiger partial charge on any atom is 0.375 e. The summed E-state index contributed by atoms with van der Waals surface area (Å²) in [5.41, 5.74) is 1.23. The monoisotopic (exact) mass is 319 g/mol. The zero-order chi connectivity index (χ0) is 16.8. The number of unbranched alkanes of at least 4 members (excludes halogenated alkanes) is 1. The van der Waals surface area contributed by atoms with Crippen molar-refractivity contribution in [2.45, 2.75) is 26.7 Å². The van der Waals surface area contributed by atoms with Gasteiger partial charge >= 0.3 is 5.97 Å². The minimum atomic E-state index is -0.650. The number of hydrogen-bond donors (Lipinski definition) is 1. The first-order valence-electron chi connectivity index (χ1n) is 7.57. The topological polar surface area (TPSA) is 77.8 Å². The Kier molecular flexibility index (Phi) is 5.62. The lowest BCUT2D eigenvalue weighted by molar-refractivity contribution is -0.124. The largest absolute Gasteiger partial charge is 0.497 e. The standard InChI is InChI=1S/C17H21NO5/c1-4-5-8-18-15(19)10-22-17(20)16-11(2)13-9-12(21-3)6-7-14(13)23-16/h6-7,9H,4-5,8,10H2,1-3H3,(H,18,19). The molecular weight excluding hydrogens is 298 g/mol. The number of hydrogen-bond acceptors (Lipinski definition) is 5. The summed E-state index contributed by atoms with van der Waals surface area (Å²) in [6, 6.07) is 5.28. The van der Waals surface area contributed by atoms with Crippen molar-refractivity contribution in [3.8, 4) is 5.75 Å². The molecule has 0 radical (unpaired) electrons. The van der Waals surface area contributed by atoms with Crippen molar-refractivity contribution in [1.29, 1.82) is 0 Å². The number of rotatable bonds is 7. The first-order valence-corrected chi connectivity index (χ1v) is 7.57. The van der Waals surface area contributed by atoms with Gasteiger partial charge in [-0.05, 0) is 31.5 Å². The Labute approximate surface area is 134 Å². The molecule has 0 unspecified atom stereocenters. The van der Waals surface area contributed by atoms with E-state index in [-0.39, 0.29) is 18.3 Å². The number of benzene rings is 1. The van der Waals surface area contributed by atoms with E-state index in [1.807, 2.05) is 6.92 Å². The molecule has 1 N–H and O–H groups in total. The number of ether oxygens (including phenoxy) is 2. The summed E-state index contributed by atoms with van der Waals surface area (Å²) >= 11 is 0. The van der Waals surface area contributed by atoms with Crippen molar-refractivity contribution < 1.29 is 23.5 Å². The van der Waals surface area contributed by atoms with Crippen molar-refractivity contribution in [3.05, 3.63) is 29.5 Å². The molecular formula is C17H21NO5. The average molecular weight is 319 g/mol. The zero-order valence-corrected chi connectivity index (χ0v) is 13.6. The predicted molar refractivity (Wildman–Crippen MR) is 85.7 cm³/mol. The molecule has 0 spiro atoms. The fourth-order valence-electron chi connectivity index (χ4n) is 2.17. The van der Waals surface area contributed by atoms with Gasteiger partial charge in [-0.1, -0.05) is 13.3 Å². The quantitative estimate of drug-likeness (QED) is 0.627. The van der Waals surface area contributed by atoms with Gasteiger partial charge in [0.15, 0.2) is 6.61 Å². The summed E-state index contributed by atoms with van der Waals surface area (Å²) in [5.74, 6) is -0.184. The third-order valence-electron chi connectivity index (χ3n) is 3.52. The Hall–Kier alpha value is -2.50. The van der Waals surface area contributed by atoms with Crippen molar-refractivity contribution in [3.63, 3.8) is 0 Å². The molecule has 124 valence electrons. The molecule has 1 amide bonds. The van der Waals surface area contributed by atoms with Crippen LogP contribution in [0.5, 0.6) is 5.75 Å². The Morgan fingerprint density at radius 2 is 2.09 bits per heavy atom. The van der Waals surface area contributed by atoms with Crippen LogP contribution in [0.1, 0.15) is 35.9 Å². The van der Waals surface area contributed by atoms with Gasteiger partial charge in [0, 0.05) is 17.5 Å². The van der Waals surface area contributed by atoms with Crippen LogP contribution in [-0.2, 0) is 9.53 Å². The highest BCUT2D eigenvalue weighted by Gasteiger charge is 2.20. The molecule has 6 heteroatoms. The molecule has 2 rings (SSSR count). The van der Waals surface area contributed by atoms with Gasteiger partial charge < -0.3 is 19.2 Å². The van der Waals surface area contributed by atoms with Crippen molar-refractivity contribution >= 4 is 22.8 Å². The van der Waals surface area contributed by atoms with Gasteiger partial charge in [-0.25, -0.2) is 4.79 Å². The lowest BCUT2D eigenvalue weighted by Crippen LogP contribution is -2.29. The molecule has 1 heterocycles. The van der Waals surface area contributed by atoms with Crippen LogP contribution in [0.4, 0.5) is 0 Å². The van der Waals surface area contributed by atoms with Crippen LogP contribution in [-0.4, -0.2) is 32.1 Å². The summed E-state index contributed by atoms with van der Waals surface area (Å²) in [6.07, 6.45) is 1.88. The van der Waals surface area contributed by atoms with E-state index in [1.165, 1.54) is 0 Å². The Morgan fingerprint density at radius 1 is 1.30 bits per heavy atom. The maximum atomic E-state index is 12.1. The third kappa shape index (κ3) is 4.03. The van der Waals surface area contributed by atoms with Crippen LogP contribution >= 0.6 is 0 Å². The minimum Gasteiger partial charge on any atom is -0.497 e. The fourth-order valence-corrected chi connectivity index (χ4v) is 2.17. The average Bonchev–Trinajstić information content (AvgIpc) is 2.89. The molecule has 0 aliphatic carbocycles. The minimum absolute atomic E-state index is 0.106. The molecule has 0 saturated carbocycles. The maximum absolute atomic E-state index is 12.1. The molecule has 23 heavy (non-hydrogen) atoms. The molecule has 1 aromatic carbocycles. The number of amides is 1. The highest BCUT2D eigenvalue weighted by Crippen LogP contribution is 2.29. The van der Waals surface area contributed by atoms with E-state index in [0.29, 0.717) is 23.4 Å². The zero-order valence-electron chi connectivity index (χ0n) is 13.6. The molecule has 2 aromatic rings. The summed E-state index contributed by atoms with van der Waals surface area (Å²) in [4.78, 5) is 23.7. The van der Waals surface area contributed by atoms with Crippen LogP contribution in [0, 0.1) is 6.92 Å². The van der Waals surface area contributed by atoms with E-state index < -0.39 is 5.97 Å². The fraction of sp³-hybridized carbons (Fsp3) is 0.412. The molecule has 0 saturated heterocycles. The van der Waals surface area contributed by atoms with Crippen LogP contribution in [0.2, 0.25) is 0 Å². The predicted octanol–water partition coefficient (Wildman–Crippen LogP) is 2.82. The first kappa shape index (κ1) is 16.9. The lowest BCUT2D eigenvalue weighted by atomic mass is 10.1. The molecule has 0 aliphatic heterocycles. The van der Waals surface area contributed by atoms with Gasteiger partial charge in [0.1, 0.15) is 11.3 Å². The number of nitrogens with one attached hydrogen (secondary N) is 1. The number of carbonyl (C=O) groups excluding carboxylic acids is 2. The molecule has 0 aliphatic rings. The van der Waals surface area contributed by atoms with Crippen molar-refractivity contribution in [2.24, 2.45) is 0 Å². The number of aryl methyl sites for hydroxylation is 1. The SMILES string of the molecule is CCCCNC(=O)COC(=O)c1oc2ccc(OC)cc2c1C. The van der Waals surface area contributed by atoms with Crippen LogP contribution in [0.25, 0.3) is 11.0 Å². The Balaban J connectivity index is 2.03. The number of methoxy groups -OCH3 is 1. The van der Waals surface area contributed by atoms with Crippen molar-refractivity contribution in [2.75, 3.05) is 20.3 Å². The van der Waals surface area contributed by atoms with E-state index >= 15 is 0 Å². The molecule has 6 nitrogen and oxygen atoms in total. The van der Waals surface area contributed by atoms with Gasteiger partial charge in [0.25, 0.3) is 5.91 Å². The van der Waals surface area contributed by atoms with E-state index in [1.54, 1.807) is 32.2 Å². The highest BCUT2D eigenvalue weighted by atomic mass is 16.5. The lowest BCUT2D eigenvalue weighted by Gasteiger charge is -2.05. The number of carbonyl (C=O) groups is 2. The second-order valence-electron chi connectivity index (χ2n) is 5.20. The summed E-state index contributed by atoms with van der Waals surface area (Å²) in [7, 11) is 1.57. The van der Waals surface area contributed by atoms with E-state index in [9.17, 15) is 9.59 Å². The molecule has 0 fully saturated rings. The first-order chi connectivity index (χ1) is 11.1. The van der Waals surface area contributed by atoms with E-state index in [2.05, 4.69) is 5.32 Å². The second-order valence-corrected chi connectivity index (χ2v) is 5.20. The van der Waals surface area contributed by atoms with Gasteiger partial charge in [-0.15, -0.1) is 0 Å². The Morgan fingerprint density at radius 3 is 2.78 bits per heavy atom. The normalized spacial score (nSPS) is 10.6. The molecule has 1 aromatic heterocycles. The smallest absolute Gasteiger partial charge is 0.375 e. The summed E-state index contributed by atoms with van der Waals surface area (Å²) < 4.78 is 15.7. The third-order valence-corrected chi connectivity index (χ3v) is 3.52. The summed E-state index contributed by atoms with van der Waals surface area (Å²) in [6.45, 7) is 4.06. The number of furan rings is 1. The van der Waals surface area contributed by atoms with Crippen LogP contribution in [0.15, 0.2) is 22.6 Å². The Bertz CT molecular complexity index is 704. The van der Waals surface area contributed by atoms with Gasteiger partial charge in [-0.2, -0.15) is 0 Å². The van der Waals surface area contributed by atoms with Crippen molar-refractivity contribution in [1.82, 2.24) is 5.32 Å². The van der Waals surface area contributed by atoms with Gasteiger partial charge in [-0.3, -0.25) is 4.79 Å². The molecule has 0 bridgehead atoms. The van der Waals surface area contributed by atoms with E-state index in [4.69, 9.17) is 13.9 Å². The van der Waals surface area contributed by atoms with Crippen LogP contribution < -0.4 is 10.1 Å². The second kappa shape index (κ2) is 7.67. The van der Waals surface area contributed by atoms with Crippen LogP contribution in [0.3, 0.4) is 0 Å². The molecule has 0 atom stereocenters. The number of esters is 1. The van der Waals surface area contributed by atoms with E-state index in [0.717, 1.165) is 18.2 Å². The highest BCUT2D eigenvalue weighted by molar-refractivity contribution is 5.97. The number of fused-ring (bicyclic) bond motifs is 1.